The molecule has 152 valence electrons. The van der Waals surface area contributed by atoms with E-state index in [-0.39, 0.29) is 11.6 Å². The Labute approximate surface area is 169 Å². The van der Waals surface area contributed by atoms with Gasteiger partial charge in [0.2, 0.25) is 0 Å². The van der Waals surface area contributed by atoms with E-state index in [0.717, 1.165) is 12.8 Å². The number of nitrogens with one attached hydrogen (secondary N) is 1. The van der Waals surface area contributed by atoms with E-state index in [4.69, 9.17) is 22.1 Å². The van der Waals surface area contributed by atoms with Gasteiger partial charge < -0.3 is 15.8 Å². The number of nitrogens with two attached hydrogens (primary N) is 1. The molecule has 1 aliphatic rings. The van der Waals surface area contributed by atoms with Crippen LogP contribution in [0.15, 0.2) is 23.0 Å². The first-order chi connectivity index (χ1) is 13.2. The molecule has 0 bridgehead atoms. The summed E-state index contributed by atoms with van der Waals surface area (Å²) >= 11 is 6.25. The zero-order chi connectivity index (χ0) is 20.5. The van der Waals surface area contributed by atoms with Gasteiger partial charge in [-0.15, -0.1) is 0 Å². The van der Waals surface area contributed by atoms with E-state index in [1.807, 2.05) is 20.8 Å². The second kappa shape index (κ2) is 8.09. The van der Waals surface area contributed by atoms with Crippen molar-refractivity contribution in [2.45, 2.75) is 58.2 Å². The molecule has 0 radical (unpaired) electrons. The summed E-state index contributed by atoms with van der Waals surface area (Å²) < 4.78 is 6.83. The summed E-state index contributed by atoms with van der Waals surface area (Å²) in [4.78, 5) is 29.5. The van der Waals surface area contributed by atoms with Crippen molar-refractivity contribution in [1.82, 2.24) is 14.9 Å². The Morgan fingerprint density at radius 3 is 2.79 bits per heavy atom. The third kappa shape index (κ3) is 4.83. The van der Waals surface area contributed by atoms with Gasteiger partial charge in [0.05, 0.1) is 22.0 Å². The summed E-state index contributed by atoms with van der Waals surface area (Å²) in [6, 6.07) is 4.95. The van der Waals surface area contributed by atoms with Crippen LogP contribution in [0.2, 0.25) is 5.02 Å². The normalized spacial score (nSPS) is 15.5. The van der Waals surface area contributed by atoms with E-state index < -0.39 is 11.7 Å². The molecule has 1 heterocycles. The van der Waals surface area contributed by atoms with Crippen molar-refractivity contribution in [2.24, 2.45) is 11.7 Å². The minimum atomic E-state index is -0.551. The molecule has 1 aromatic carbocycles. The maximum Gasteiger partial charge on any atom is 0.407 e. The molecule has 1 aromatic heterocycles. The third-order valence-corrected chi connectivity index (χ3v) is 4.93. The molecule has 7 nitrogen and oxygen atoms in total. The van der Waals surface area contributed by atoms with Crippen molar-refractivity contribution in [3.63, 3.8) is 0 Å². The predicted octanol–water partition coefficient (Wildman–Crippen LogP) is 3.37. The first kappa shape index (κ1) is 20.6. The van der Waals surface area contributed by atoms with Crippen LogP contribution in [-0.2, 0) is 11.3 Å². The highest BCUT2D eigenvalue weighted by atomic mass is 35.5. The summed E-state index contributed by atoms with van der Waals surface area (Å²) in [6.07, 6.45) is 2.16. The van der Waals surface area contributed by atoms with Gasteiger partial charge in [-0.2, -0.15) is 0 Å². The van der Waals surface area contributed by atoms with Gasteiger partial charge in [0, 0.05) is 13.1 Å². The molecular formula is C20H27ClN4O3. The number of hydrogen-bond acceptors (Lipinski definition) is 5. The van der Waals surface area contributed by atoms with E-state index in [0.29, 0.717) is 47.2 Å². The highest BCUT2D eigenvalue weighted by molar-refractivity contribution is 6.35. The van der Waals surface area contributed by atoms with Crippen LogP contribution in [0.3, 0.4) is 0 Å². The molecule has 1 fully saturated rings. The quantitative estimate of drug-likeness (QED) is 0.716. The first-order valence-corrected chi connectivity index (χ1v) is 9.96. The van der Waals surface area contributed by atoms with Crippen LogP contribution in [0, 0.1) is 5.92 Å². The Balaban J connectivity index is 1.79. The number of benzene rings is 1. The summed E-state index contributed by atoms with van der Waals surface area (Å²) in [5.74, 6) is 0.939. The molecule has 0 saturated heterocycles. The number of carbonyl (C=O) groups excluding carboxylic acids is 1. The Kier molecular flexibility index (Phi) is 5.95. The first-order valence-electron chi connectivity index (χ1n) is 9.59. The van der Waals surface area contributed by atoms with Gasteiger partial charge in [-0.05, 0) is 58.1 Å². The molecule has 1 atom stereocenters. The van der Waals surface area contributed by atoms with Crippen molar-refractivity contribution in [1.29, 1.82) is 0 Å². The molecular weight excluding hydrogens is 380 g/mol. The highest BCUT2D eigenvalue weighted by Gasteiger charge is 2.33. The van der Waals surface area contributed by atoms with Crippen molar-refractivity contribution in [3.05, 3.63) is 39.4 Å². The fourth-order valence-electron chi connectivity index (χ4n) is 3.12. The molecule has 2 aromatic rings. The largest absolute Gasteiger partial charge is 0.444 e. The lowest BCUT2D eigenvalue weighted by atomic mass is 10.1. The lowest BCUT2D eigenvalue weighted by molar-refractivity contribution is 0.0526. The number of fused-ring (bicyclic) bond motifs is 1. The summed E-state index contributed by atoms with van der Waals surface area (Å²) in [7, 11) is 0. The van der Waals surface area contributed by atoms with Gasteiger partial charge in [-0.1, -0.05) is 17.7 Å². The molecule has 0 aliphatic heterocycles. The molecule has 1 unspecified atom stereocenters. The second-order valence-electron chi connectivity index (χ2n) is 8.21. The van der Waals surface area contributed by atoms with E-state index in [9.17, 15) is 9.59 Å². The fraction of sp³-hybridized carbons (Fsp3) is 0.550. The second-order valence-corrected chi connectivity index (χ2v) is 8.61. The maximum atomic E-state index is 13.1. The minimum absolute atomic E-state index is 0.195. The Hall–Kier alpha value is -2.12. The SMILES string of the molecule is CC(C)(C)OC(=O)NCCCn1c(C(N)C2CC2)nc2cccc(Cl)c2c1=O. The smallest absolute Gasteiger partial charge is 0.407 e. The Bertz CT molecular complexity index is 931. The molecule has 28 heavy (non-hydrogen) atoms. The topological polar surface area (TPSA) is 99.2 Å². The number of rotatable bonds is 6. The van der Waals surface area contributed by atoms with Crippen LogP contribution in [0.5, 0.6) is 0 Å². The number of alkyl carbamates (subject to hydrolysis) is 1. The average molecular weight is 407 g/mol. The summed E-state index contributed by atoms with van der Waals surface area (Å²) in [6.45, 7) is 6.19. The molecule has 0 spiro atoms. The van der Waals surface area contributed by atoms with Gasteiger partial charge >= 0.3 is 6.09 Å². The third-order valence-electron chi connectivity index (χ3n) is 4.62. The number of aromatic nitrogens is 2. The highest BCUT2D eigenvalue weighted by Crippen LogP contribution is 2.39. The number of carbonyl (C=O) groups is 1. The van der Waals surface area contributed by atoms with Crippen LogP contribution >= 0.6 is 11.6 Å². The van der Waals surface area contributed by atoms with E-state index in [1.165, 1.54) is 0 Å². The number of amides is 1. The predicted molar refractivity (Wildman–Crippen MR) is 110 cm³/mol. The molecule has 3 rings (SSSR count). The zero-order valence-corrected chi connectivity index (χ0v) is 17.3. The van der Waals surface area contributed by atoms with Crippen molar-refractivity contribution >= 4 is 28.6 Å². The maximum absolute atomic E-state index is 13.1. The molecule has 1 saturated carbocycles. The Morgan fingerprint density at radius 1 is 1.43 bits per heavy atom. The lowest BCUT2D eigenvalue weighted by Crippen LogP contribution is -2.34. The van der Waals surface area contributed by atoms with Gasteiger partial charge in [0.15, 0.2) is 0 Å². The number of nitrogens with zero attached hydrogens (tertiary/aromatic N) is 2. The molecule has 8 heteroatoms. The van der Waals surface area contributed by atoms with Gasteiger partial charge in [-0.25, -0.2) is 9.78 Å². The zero-order valence-electron chi connectivity index (χ0n) is 16.5. The van der Waals surface area contributed by atoms with Crippen LogP contribution in [0.25, 0.3) is 10.9 Å². The number of ether oxygens (including phenoxy) is 1. The van der Waals surface area contributed by atoms with E-state index in [2.05, 4.69) is 10.3 Å². The summed E-state index contributed by atoms with van der Waals surface area (Å²) in [5.41, 5.74) is 6.19. The van der Waals surface area contributed by atoms with Gasteiger partial charge in [0.1, 0.15) is 11.4 Å². The van der Waals surface area contributed by atoms with Crippen LogP contribution < -0.4 is 16.6 Å². The van der Waals surface area contributed by atoms with Crippen LogP contribution in [0.4, 0.5) is 4.79 Å². The molecule has 3 N–H and O–H groups in total. The van der Waals surface area contributed by atoms with E-state index >= 15 is 0 Å². The van der Waals surface area contributed by atoms with Gasteiger partial charge in [-0.3, -0.25) is 9.36 Å². The molecule has 1 aliphatic carbocycles. The Morgan fingerprint density at radius 2 is 2.14 bits per heavy atom. The standard InChI is InChI=1S/C20H27ClN4O3/c1-20(2,3)28-19(27)23-10-5-11-25-17(16(22)12-8-9-12)24-14-7-4-6-13(21)15(14)18(25)26/h4,6-7,12,16H,5,8-11,22H2,1-3H3,(H,23,27). The van der Waals surface area contributed by atoms with Crippen LogP contribution in [0.1, 0.15) is 51.9 Å². The summed E-state index contributed by atoms with van der Waals surface area (Å²) in [5, 5.41) is 3.48. The minimum Gasteiger partial charge on any atom is -0.444 e. The van der Waals surface area contributed by atoms with Crippen molar-refractivity contribution in [3.8, 4) is 0 Å². The number of hydrogen-bond donors (Lipinski definition) is 2. The fourth-order valence-corrected chi connectivity index (χ4v) is 3.37. The van der Waals surface area contributed by atoms with E-state index in [1.54, 1.807) is 22.8 Å². The average Bonchev–Trinajstić information content (AvgIpc) is 3.42. The lowest BCUT2D eigenvalue weighted by Gasteiger charge is -2.20. The van der Waals surface area contributed by atoms with Crippen LogP contribution in [-0.4, -0.2) is 27.8 Å². The molecule has 1 amide bonds. The van der Waals surface area contributed by atoms with Gasteiger partial charge in [0.25, 0.3) is 5.56 Å². The van der Waals surface area contributed by atoms with Crippen molar-refractivity contribution < 1.29 is 9.53 Å². The van der Waals surface area contributed by atoms with Crippen molar-refractivity contribution in [2.75, 3.05) is 6.54 Å². The number of halogens is 1. The monoisotopic (exact) mass is 406 g/mol.